The summed E-state index contributed by atoms with van der Waals surface area (Å²) in [6.45, 7) is 6.48. The Balaban J connectivity index is 2.02. The molecule has 4 aromatic rings. The molecule has 126 valence electrons. The molecule has 4 heteroatoms. The molecule has 0 fully saturated rings. The number of rotatable bonds is 1. The molecule has 0 spiro atoms. The van der Waals surface area contributed by atoms with Gasteiger partial charge >= 0.3 is 5.63 Å². The summed E-state index contributed by atoms with van der Waals surface area (Å²) < 4.78 is 12.4. The smallest absolute Gasteiger partial charge is 0.336 e. The highest BCUT2D eigenvalue weighted by Gasteiger charge is 2.18. The molecule has 0 bridgehead atoms. The van der Waals surface area contributed by atoms with Crippen molar-refractivity contribution in [3.63, 3.8) is 0 Å². The monoisotopic (exact) mass is 396 g/mol. The summed E-state index contributed by atoms with van der Waals surface area (Å²) in [5, 5.41) is 1.86. The van der Waals surface area contributed by atoms with E-state index in [0.29, 0.717) is 11.3 Å². The van der Waals surface area contributed by atoms with Crippen LogP contribution < -0.4 is 5.63 Å². The maximum atomic E-state index is 12.0. The molecule has 25 heavy (non-hydrogen) atoms. The van der Waals surface area contributed by atoms with E-state index in [0.717, 1.165) is 26.4 Å². The second-order valence-corrected chi connectivity index (χ2v) is 8.15. The Kier molecular flexibility index (Phi) is 3.62. The molecule has 3 nitrogen and oxygen atoms in total. The van der Waals surface area contributed by atoms with Gasteiger partial charge in [0.05, 0.1) is 0 Å². The standard InChI is InChI=1S/C21H17BrO3/c1-21(2,3)13-4-6-18-15(10-13)16(11-20(23)25-18)19-9-12-8-14(22)5-7-17(12)24-19/h4-11H,1-3H3. The lowest BCUT2D eigenvalue weighted by Crippen LogP contribution is -2.11. The van der Waals surface area contributed by atoms with Crippen molar-refractivity contribution in [2.24, 2.45) is 0 Å². The van der Waals surface area contributed by atoms with Gasteiger partial charge in [0.1, 0.15) is 16.9 Å². The predicted molar refractivity (Wildman–Crippen MR) is 104 cm³/mol. The largest absolute Gasteiger partial charge is 0.456 e. The van der Waals surface area contributed by atoms with Gasteiger partial charge in [-0.15, -0.1) is 0 Å². The molecular formula is C21H17BrO3. The highest BCUT2D eigenvalue weighted by atomic mass is 79.9. The minimum absolute atomic E-state index is 0.000335. The molecule has 0 aliphatic heterocycles. The van der Waals surface area contributed by atoms with Crippen molar-refractivity contribution in [1.82, 2.24) is 0 Å². The topological polar surface area (TPSA) is 43.4 Å². The number of hydrogen-bond donors (Lipinski definition) is 0. The number of furan rings is 1. The van der Waals surface area contributed by atoms with Gasteiger partial charge in [-0.3, -0.25) is 0 Å². The van der Waals surface area contributed by atoms with Crippen LogP contribution in [0.3, 0.4) is 0 Å². The van der Waals surface area contributed by atoms with Crippen molar-refractivity contribution in [2.45, 2.75) is 26.2 Å². The van der Waals surface area contributed by atoms with E-state index in [9.17, 15) is 4.79 Å². The van der Waals surface area contributed by atoms with Crippen LogP contribution in [0.5, 0.6) is 0 Å². The van der Waals surface area contributed by atoms with Crippen LogP contribution in [-0.4, -0.2) is 0 Å². The minimum Gasteiger partial charge on any atom is -0.456 e. The van der Waals surface area contributed by atoms with Gasteiger partial charge in [0.2, 0.25) is 0 Å². The molecule has 0 saturated carbocycles. The highest BCUT2D eigenvalue weighted by Crippen LogP contribution is 2.35. The third kappa shape index (κ3) is 2.91. The van der Waals surface area contributed by atoms with Crippen molar-refractivity contribution in [3.05, 3.63) is 69.0 Å². The Hall–Kier alpha value is -2.33. The number of fused-ring (bicyclic) bond motifs is 2. The van der Waals surface area contributed by atoms with Gasteiger partial charge in [-0.05, 0) is 47.4 Å². The molecule has 2 aromatic carbocycles. The van der Waals surface area contributed by atoms with E-state index in [1.165, 1.54) is 11.6 Å². The molecule has 0 unspecified atom stereocenters. The molecule has 0 N–H and O–H groups in total. The molecule has 4 rings (SSSR count). The summed E-state index contributed by atoms with van der Waals surface area (Å²) in [5.74, 6) is 0.664. The molecule has 0 aliphatic carbocycles. The summed E-state index contributed by atoms with van der Waals surface area (Å²) in [4.78, 5) is 12.0. The van der Waals surface area contributed by atoms with Crippen molar-refractivity contribution >= 4 is 37.9 Å². The lowest BCUT2D eigenvalue weighted by Gasteiger charge is -2.19. The van der Waals surface area contributed by atoms with Gasteiger partial charge in [-0.1, -0.05) is 42.8 Å². The first-order valence-corrected chi connectivity index (χ1v) is 8.88. The first kappa shape index (κ1) is 16.2. The fourth-order valence-corrected chi connectivity index (χ4v) is 3.36. The third-order valence-corrected chi connectivity index (χ3v) is 4.85. The Morgan fingerprint density at radius 3 is 2.40 bits per heavy atom. The van der Waals surface area contributed by atoms with Crippen LogP contribution in [0, 0.1) is 0 Å². The second-order valence-electron chi connectivity index (χ2n) is 7.23. The quantitative estimate of drug-likeness (QED) is 0.356. The van der Waals surface area contributed by atoms with Crippen molar-refractivity contribution in [3.8, 4) is 11.3 Å². The summed E-state index contributed by atoms with van der Waals surface area (Å²) in [7, 11) is 0. The van der Waals surface area contributed by atoms with E-state index in [1.807, 2.05) is 36.4 Å². The fourth-order valence-electron chi connectivity index (χ4n) is 2.98. The van der Waals surface area contributed by atoms with E-state index in [2.05, 4.69) is 42.8 Å². The van der Waals surface area contributed by atoms with Gasteiger partial charge < -0.3 is 8.83 Å². The fraction of sp³-hybridized carbons (Fsp3) is 0.190. The zero-order valence-corrected chi connectivity index (χ0v) is 15.8. The van der Waals surface area contributed by atoms with Gasteiger partial charge in [0, 0.05) is 26.9 Å². The number of benzene rings is 2. The maximum absolute atomic E-state index is 12.0. The Bertz CT molecular complexity index is 1160. The van der Waals surface area contributed by atoms with Crippen molar-refractivity contribution < 1.29 is 8.83 Å². The van der Waals surface area contributed by atoms with Gasteiger partial charge in [-0.25, -0.2) is 4.79 Å². The normalized spacial score (nSPS) is 12.2. The van der Waals surface area contributed by atoms with Gasteiger partial charge in [0.15, 0.2) is 0 Å². The van der Waals surface area contributed by atoms with Crippen LogP contribution >= 0.6 is 15.9 Å². The van der Waals surface area contributed by atoms with Crippen LogP contribution in [0.1, 0.15) is 26.3 Å². The number of halogens is 1. The lowest BCUT2D eigenvalue weighted by atomic mass is 9.86. The van der Waals surface area contributed by atoms with Gasteiger partial charge in [0.25, 0.3) is 0 Å². The lowest BCUT2D eigenvalue weighted by molar-refractivity contribution is 0.557. The summed E-state index contributed by atoms with van der Waals surface area (Å²) in [5.41, 5.74) is 2.90. The zero-order valence-electron chi connectivity index (χ0n) is 14.2. The van der Waals surface area contributed by atoms with E-state index in [4.69, 9.17) is 8.83 Å². The molecule has 2 heterocycles. The van der Waals surface area contributed by atoms with E-state index in [-0.39, 0.29) is 11.0 Å². The van der Waals surface area contributed by atoms with E-state index >= 15 is 0 Å². The first-order chi connectivity index (χ1) is 11.8. The van der Waals surface area contributed by atoms with Crippen molar-refractivity contribution in [2.75, 3.05) is 0 Å². The zero-order chi connectivity index (χ0) is 17.8. The summed E-state index contributed by atoms with van der Waals surface area (Å²) >= 11 is 3.47. The number of hydrogen-bond acceptors (Lipinski definition) is 3. The highest BCUT2D eigenvalue weighted by molar-refractivity contribution is 9.10. The molecule has 0 aliphatic rings. The molecule has 2 aromatic heterocycles. The molecule has 0 saturated heterocycles. The molecule has 0 atom stereocenters. The predicted octanol–water partition coefficient (Wildman–Crippen LogP) is 6.27. The van der Waals surface area contributed by atoms with Crippen LogP contribution in [-0.2, 0) is 5.41 Å². The SMILES string of the molecule is CC(C)(C)c1ccc2oc(=O)cc(-c3cc4cc(Br)ccc4o3)c2c1. The van der Waals surface area contributed by atoms with Crippen LogP contribution in [0.2, 0.25) is 0 Å². The van der Waals surface area contributed by atoms with Crippen molar-refractivity contribution in [1.29, 1.82) is 0 Å². The summed E-state index contributed by atoms with van der Waals surface area (Å²) in [6, 6.07) is 15.2. The van der Waals surface area contributed by atoms with Crippen LogP contribution in [0.15, 0.2) is 66.6 Å². The Morgan fingerprint density at radius 1 is 0.880 bits per heavy atom. The van der Waals surface area contributed by atoms with Crippen LogP contribution in [0.4, 0.5) is 0 Å². The molecular weight excluding hydrogens is 380 g/mol. The second kappa shape index (κ2) is 5.60. The first-order valence-electron chi connectivity index (χ1n) is 8.09. The van der Waals surface area contributed by atoms with Crippen LogP contribution in [0.25, 0.3) is 33.3 Å². The van der Waals surface area contributed by atoms with E-state index in [1.54, 1.807) is 0 Å². The van der Waals surface area contributed by atoms with Gasteiger partial charge in [-0.2, -0.15) is 0 Å². The minimum atomic E-state index is -0.382. The molecule has 0 amide bonds. The third-order valence-electron chi connectivity index (χ3n) is 4.35. The average Bonchev–Trinajstić information content (AvgIpc) is 2.95. The average molecular weight is 397 g/mol. The Morgan fingerprint density at radius 2 is 1.64 bits per heavy atom. The van der Waals surface area contributed by atoms with E-state index < -0.39 is 0 Å². The summed E-state index contributed by atoms with van der Waals surface area (Å²) in [6.07, 6.45) is 0. The maximum Gasteiger partial charge on any atom is 0.336 e. The Labute approximate surface area is 153 Å². The molecule has 0 radical (unpaired) electrons.